The number of ether oxygens (including phenoxy) is 1. The molecule has 0 N–H and O–H groups in total. The first-order valence-corrected chi connectivity index (χ1v) is 9.61. The molecule has 0 unspecified atom stereocenters. The van der Waals surface area contributed by atoms with E-state index in [2.05, 4.69) is 27.7 Å². The maximum atomic E-state index is 13.2. The van der Waals surface area contributed by atoms with Crippen molar-refractivity contribution >= 4 is 11.9 Å². The Morgan fingerprint density at radius 2 is 1.67 bits per heavy atom. The number of amides is 1. The number of fused-ring (bicyclic) bond motifs is 2. The summed E-state index contributed by atoms with van der Waals surface area (Å²) in [4.78, 5) is 27.5. The van der Waals surface area contributed by atoms with E-state index in [0.717, 1.165) is 25.7 Å². The summed E-state index contributed by atoms with van der Waals surface area (Å²) >= 11 is 0. The summed E-state index contributed by atoms with van der Waals surface area (Å²) in [5, 5.41) is 0. The fraction of sp³-hybridized carbons (Fsp3) is 0.800. The van der Waals surface area contributed by atoms with Crippen molar-refractivity contribution in [3.63, 3.8) is 0 Å². The number of rotatable bonds is 1. The Balaban J connectivity index is 1.64. The van der Waals surface area contributed by atoms with Gasteiger partial charge in [0.1, 0.15) is 0 Å². The van der Waals surface area contributed by atoms with Gasteiger partial charge in [0.25, 0.3) is 0 Å². The summed E-state index contributed by atoms with van der Waals surface area (Å²) in [5.41, 5.74) is 1.27. The molecule has 2 aliphatic carbocycles. The third-order valence-corrected chi connectivity index (χ3v) is 7.38. The van der Waals surface area contributed by atoms with Crippen LogP contribution < -0.4 is 0 Å². The van der Waals surface area contributed by atoms with E-state index in [1.807, 2.05) is 6.20 Å². The van der Waals surface area contributed by atoms with Gasteiger partial charge in [0.05, 0.1) is 5.92 Å². The van der Waals surface area contributed by atoms with E-state index in [9.17, 15) is 9.59 Å². The molecule has 24 heavy (non-hydrogen) atoms. The van der Waals surface area contributed by atoms with E-state index in [1.54, 1.807) is 4.90 Å². The summed E-state index contributed by atoms with van der Waals surface area (Å²) in [6.07, 6.45) is 5.95. The third kappa shape index (κ3) is 2.18. The maximum Gasteiger partial charge on any atom is 0.311 e. The van der Waals surface area contributed by atoms with Gasteiger partial charge < -0.3 is 4.74 Å². The van der Waals surface area contributed by atoms with Gasteiger partial charge in [0.15, 0.2) is 6.23 Å². The van der Waals surface area contributed by atoms with Crippen molar-refractivity contribution in [3.05, 3.63) is 11.8 Å². The van der Waals surface area contributed by atoms with Crippen molar-refractivity contribution in [2.24, 2.45) is 41.4 Å². The van der Waals surface area contributed by atoms with E-state index in [1.165, 1.54) is 5.57 Å². The Morgan fingerprint density at radius 1 is 1.00 bits per heavy atom. The smallest absolute Gasteiger partial charge is 0.311 e. The van der Waals surface area contributed by atoms with Crippen molar-refractivity contribution in [2.45, 2.75) is 59.6 Å². The van der Waals surface area contributed by atoms with Crippen LogP contribution in [0, 0.1) is 41.4 Å². The lowest BCUT2D eigenvalue weighted by Gasteiger charge is -2.45. The zero-order valence-corrected chi connectivity index (χ0v) is 15.2. The fourth-order valence-electron chi connectivity index (χ4n) is 5.93. The highest BCUT2D eigenvalue weighted by atomic mass is 16.6. The molecule has 1 saturated heterocycles. The topological polar surface area (TPSA) is 46.6 Å². The second kappa shape index (κ2) is 5.60. The highest BCUT2D eigenvalue weighted by Gasteiger charge is 2.53. The summed E-state index contributed by atoms with van der Waals surface area (Å²) in [6, 6.07) is 0. The molecular formula is C20H29NO3. The average molecular weight is 331 g/mol. The summed E-state index contributed by atoms with van der Waals surface area (Å²) in [5.74, 6) is 1.95. The molecule has 2 saturated carbocycles. The zero-order chi connectivity index (χ0) is 17.2. The first-order chi connectivity index (χ1) is 11.4. The second-order valence-electron chi connectivity index (χ2n) is 8.74. The number of esters is 1. The van der Waals surface area contributed by atoms with Crippen molar-refractivity contribution in [1.82, 2.24) is 4.90 Å². The molecule has 2 heterocycles. The van der Waals surface area contributed by atoms with Gasteiger partial charge in [-0.2, -0.15) is 0 Å². The molecule has 0 spiro atoms. The quantitative estimate of drug-likeness (QED) is 0.690. The van der Waals surface area contributed by atoms with Crippen LogP contribution in [0.1, 0.15) is 53.4 Å². The molecule has 3 fully saturated rings. The highest BCUT2D eigenvalue weighted by Crippen LogP contribution is 2.49. The molecule has 4 rings (SSSR count). The third-order valence-electron chi connectivity index (χ3n) is 7.38. The lowest BCUT2D eigenvalue weighted by Crippen LogP contribution is -2.55. The number of nitrogens with zero attached hydrogens (tertiary/aromatic N) is 1. The molecular weight excluding hydrogens is 302 g/mol. The van der Waals surface area contributed by atoms with E-state index >= 15 is 0 Å². The predicted molar refractivity (Wildman–Crippen MR) is 90.4 cm³/mol. The van der Waals surface area contributed by atoms with Gasteiger partial charge in [0, 0.05) is 18.0 Å². The summed E-state index contributed by atoms with van der Waals surface area (Å²) in [6.45, 7) is 8.63. The van der Waals surface area contributed by atoms with Crippen LogP contribution >= 0.6 is 0 Å². The van der Waals surface area contributed by atoms with Crippen LogP contribution in [0.3, 0.4) is 0 Å². The van der Waals surface area contributed by atoms with Crippen molar-refractivity contribution in [3.8, 4) is 0 Å². The number of allylic oxidation sites excluding steroid dienone is 1. The number of carbonyl (C=O) groups is 2. The highest BCUT2D eigenvalue weighted by molar-refractivity contribution is 5.83. The second-order valence-corrected chi connectivity index (χ2v) is 8.74. The Hall–Kier alpha value is -1.32. The molecule has 0 radical (unpaired) electrons. The molecule has 4 nitrogen and oxygen atoms in total. The SMILES string of the molecule is CC1=CN([C@@H]2OC(=O)[C@@H]3[C@H](CC[C@H]3C)[C@@H]2C)C(=O)[C@@H]2[C@H](C)CC[C@@H]12. The minimum Gasteiger partial charge on any atom is -0.441 e. The molecule has 4 heteroatoms. The first kappa shape index (κ1) is 16.2. The molecule has 4 aliphatic rings. The van der Waals surface area contributed by atoms with E-state index in [0.29, 0.717) is 23.7 Å². The maximum absolute atomic E-state index is 13.2. The van der Waals surface area contributed by atoms with Gasteiger partial charge >= 0.3 is 5.97 Å². The van der Waals surface area contributed by atoms with Gasteiger partial charge in [-0.3, -0.25) is 14.5 Å². The predicted octanol–water partition coefficient (Wildman–Crippen LogP) is 3.58. The van der Waals surface area contributed by atoms with Crippen LogP contribution in [0.4, 0.5) is 0 Å². The summed E-state index contributed by atoms with van der Waals surface area (Å²) in [7, 11) is 0. The molecule has 2 aliphatic heterocycles. The lowest BCUT2D eigenvalue weighted by atomic mass is 9.77. The lowest BCUT2D eigenvalue weighted by molar-refractivity contribution is -0.190. The number of hydrogen-bond donors (Lipinski definition) is 0. The van der Waals surface area contributed by atoms with E-state index in [4.69, 9.17) is 4.74 Å². The van der Waals surface area contributed by atoms with Gasteiger partial charge in [0.2, 0.25) is 5.91 Å². The molecule has 0 aromatic heterocycles. The molecule has 0 aromatic carbocycles. The standard InChI is InChI=1S/C20H29NO3/c1-10-5-7-14-12(3)9-21(18(22)16(10)14)19-13(4)15-8-6-11(2)17(15)20(23)24-19/h9-11,13-17,19H,5-8H2,1-4H3/t10-,11-,13+,14+,15-,16-,17+,19-/m1/s1. The van der Waals surface area contributed by atoms with Crippen LogP contribution in [0.15, 0.2) is 11.8 Å². The average Bonchev–Trinajstić information content (AvgIpc) is 3.11. The Labute approximate surface area is 144 Å². The molecule has 1 amide bonds. The van der Waals surface area contributed by atoms with Gasteiger partial charge in [-0.1, -0.05) is 26.3 Å². The molecule has 0 aromatic rings. The fourth-order valence-corrected chi connectivity index (χ4v) is 5.93. The molecule has 0 bridgehead atoms. The van der Waals surface area contributed by atoms with Gasteiger partial charge in [-0.05, 0) is 56.3 Å². The van der Waals surface area contributed by atoms with Gasteiger partial charge in [-0.25, -0.2) is 0 Å². The van der Waals surface area contributed by atoms with Crippen LogP contribution in [-0.4, -0.2) is 23.0 Å². The Morgan fingerprint density at radius 3 is 2.42 bits per heavy atom. The first-order valence-electron chi connectivity index (χ1n) is 9.61. The Bertz CT molecular complexity index is 598. The van der Waals surface area contributed by atoms with Crippen LogP contribution in [0.25, 0.3) is 0 Å². The van der Waals surface area contributed by atoms with Crippen LogP contribution in [0.5, 0.6) is 0 Å². The number of hydrogen-bond acceptors (Lipinski definition) is 3. The zero-order valence-electron chi connectivity index (χ0n) is 15.2. The van der Waals surface area contributed by atoms with E-state index in [-0.39, 0.29) is 29.6 Å². The van der Waals surface area contributed by atoms with Crippen LogP contribution in [-0.2, 0) is 14.3 Å². The largest absolute Gasteiger partial charge is 0.441 e. The molecule has 8 atom stereocenters. The minimum absolute atomic E-state index is 0.0272. The Kier molecular flexibility index (Phi) is 3.77. The normalized spacial score (nSPS) is 48.0. The van der Waals surface area contributed by atoms with Crippen molar-refractivity contribution in [2.75, 3.05) is 0 Å². The van der Waals surface area contributed by atoms with Crippen LogP contribution in [0.2, 0.25) is 0 Å². The number of carbonyl (C=O) groups excluding carboxylic acids is 2. The minimum atomic E-state index is -0.416. The summed E-state index contributed by atoms with van der Waals surface area (Å²) < 4.78 is 5.85. The van der Waals surface area contributed by atoms with Crippen molar-refractivity contribution in [1.29, 1.82) is 0 Å². The van der Waals surface area contributed by atoms with Gasteiger partial charge in [-0.15, -0.1) is 0 Å². The van der Waals surface area contributed by atoms with E-state index < -0.39 is 6.23 Å². The van der Waals surface area contributed by atoms with Crippen molar-refractivity contribution < 1.29 is 14.3 Å². The molecule has 132 valence electrons. The number of cyclic esters (lactones) is 1. The monoisotopic (exact) mass is 331 g/mol.